The second-order valence-corrected chi connectivity index (χ2v) is 6.99. The normalized spacial score (nSPS) is 18.8. The molecule has 116 valence electrons. The van der Waals surface area contributed by atoms with Gasteiger partial charge < -0.3 is 15.3 Å². The van der Waals surface area contributed by atoms with E-state index in [2.05, 4.69) is 5.32 Å². The van der Waals surface area contributed by atoms with Gasteiger partial charge in [-0.25, -0.2) is 0 Å². The molecule has 0 bridgehead atoms. The van der Waals surface area contributed by atoms with Crippen molar-refractivity contribution in [1.29, 1.82) is 0 Å². The van der Waals surface area contributed by atoms with Gasteiger partial charge in [0.2, 0.25) is 11.8 Å². The van der Waals surface area contributed by atoms with E-state index in [1.165, 1.54) is 0 Å². The Labute approximate surface area is 121 Å². The van der Waals surface area contributed by atoms with Gasteiger partial charge in [0.15, 0.2) is 0 Å². The van der Waals surface area contributed by atoms with Gasteiger partial charge >= 0.3 is 0 Å². The Morgan fingerprint density at radius 3 is 2.30 bits per heavy atom. The van der Waals surface area contributed by atoms with Gasteiger partial charge in [0, 0.05) is 31.5 Å². The van der Waals surface area contributed by atoms with E-state index < -0.39 is 5.60 Å². The lowest BCUT2D eigenvalue weighted by Crippen LogP contribution is -2.45. The SMILES string of the molecule is CC1(O)CCN(C(=O)CCCNC(=O)C(C)(C)C)CC1. The molecule has 0 aromatic heterocycles. The van der Waals surface area contributed by atoms with Gasteiger partial charge in [-0.05, 0) is 26.2 Å². The summed E-state index contributed by atoms with van der Waals surface area (Å²) in [5, 5.41) is 12.7. The molecular weight excluding hydrogens is 256 g/mol. The average Bonchev–Trinajstić information content (AvgIpc) is 2.32. The predicted molar refractivity (Wildman–Crippen MR) is 78.1 cm³/mol. The van der Waals surface area contributed by atoms with Gasteiger partial charge in [-0.1, -0.05) is 20.8 Å². The number of likely N-dealkylation sites (tertiary alicyclic amines) is 1. The summed E-state index contributed by atoms with van der Waals surface area (Å²) in [7, 11) is 0. The minimum atomic E-state index is -0.628. The van der Waals surface area contributed by atoms with Crippen molar-refractivity contribution < 1.29 is 14.7 Å². The molecule has 1 rings (SSSR count). The van der Waals surface area contributed by atoms with Crippen molar-refractivity contribution in [3.8, 4) is 0 Å². The van der Waals surface area contributed by atoms with Crippen LogP contribution in [0.1, 0.15) is 53.4 Å². The van der Waals surface area contributed by atoms with E-state index in [0.717, 1.165) is 0 Å². The topological polar surface area (TPSA) is 69.6 Å². The smallest absolute Gasteiger partial charge is 0.225 e. The van der Waals surface area contributed by atoms with Gasteiger partial charge in [-0.3, -0.25) is 9.59 Å². The van der Waals surface area contributed by atoms with Crippen LogP contribution in [0.4, 0.5) is 0 Å². The molecule has 1 aliphatic rings. The molecule has 0 atom stereocenters. The molecule has 5 nitrogen and oxygen atoms in total. The summed E-state index contributed by atoms with van der Waals surface area (Å²) in [6.07, 6.45) is 2.39. The number of hydrogen-bond donors (Lipinski definition) is 2. The number of nitrogens with zero attached hydrogens (tertiary/aromatic N) is 1. The third kappa shape index (κ3) is 5.49. The first-order chi connectivity index (χ1) is 9.12. The number of rotatable bonds is 4. The minimum Gasteiger partial charge on any atom is -0.390 e. The van der Waals surface area contributed by atoms with Crippen LogP contribution in [0.25, 0.3) is 0 Å². The van der Waals surface area contributed by atoms with Crippen molar-refractivity contribution in [1.82, 2.24) is 10.2 Å². The fraction of sp³-hybridized carbons (Fsp3) is 0.867. The van der Waals surface area contributed by atoms with Crippen molar-refractivity contribution in [3.05, 3.63) is 0 Å². The Balaban J connectivity index is 2.20. The molecule has 5 heteroatoms. The third-order valence-electron chi connectivity index (χ3n) is 3.73. The van der Waals surface area contributed by atoms with Crippen LogP contribution in [0.15, 0.2) is 0 Å². The lowest BCUT2D eigenvalue weighted by Gasteiger charge is -2.35. The van der Waals surface area contributed by atoms with Crippen molar-refractivity contribution in [3.63, 3.8) is 0 Å². The monoisotopic (exact) mass is 284 g/mol. The van der Waals surface area contributed by atoms with Crippen molar-refractivity contribution in [2.75, 3.05) is 19.6 Å². The van der Waals surface area contributed by atoms with Crippen LogP contribution in [0.5, 0.6) is 0 Å². The van der Waals surface area contributed by atoms with E-state index in [0.29, 0.717) is 45.3 Å². The molecule has 20 heavy (non-hydrogen) atoms. The minimum absolute atomic E-state index is 0.0129. The van der Waals surface area contributed by atoms with Crippen molar-refractivity contribution >= 4 is 11.8 Å². The van der Waals surface area contributed by atoms with Gasteiger partial charge in [0.05, 0.1) is 5.60 Å². The summed E-state index contributed by atoms with van der Waals surface area (Å²) >= 11 is 0. The molecule has 1 aliphatic heterocycles. The largest absolute Gasteiger partial charge is 0.390 e. The molecule has 0 unspecified atom stereocenters. The molecule has 0 aromatic carbocycles. The van der Waals surface area contributed by atoms with Crippen LogP contribution in [-0.4, -0.2) is 47.1 Å². The van der Waals surface area contributed by atoms with E-state index in [1.54, 1.807) is 0 Å². The molecular formula is C15H28N2O3. The summed E-state index contributed by atoms with van der Waals surface area (Å²) in [5.74, 6) is 0.129. The highest BCUT2D eigenvalue weighted by atomic mass is 16.3. The van der Waals surface area contributed by atoms with Crippen molar-refractivity contribution in [2.24, 2.45) is 5.41 Å². The van der Waals surface area contributed by atoms with Crippen molar-refractivity contribution in [2.45, 2.75) is 59.0 Å². The van der Waals surface area contributed by atoms with Gasteiger partial charge in [-0.15, -0.1) is 0 Å². The number of carbonyl (C=O) groups excluding carboxylic acids is 2. The maximum atomic E-state index is 12.0. The third-order valence-corrected chi connectivity index (χ3v) is 3.73. The van der Waals surface area contributed by atoms with Crippen LogP contribution in [-0.2, 0) is 9.59 Å². The Morgan fingerprint density at radius 1 is 1.25 bits per heavy atom. The first-order valence-electron chi connectivity index (χ1n) is 7.40. The van der Waals surface area contributed by atoms with E-state index >= 15 is 0 Å². The standard InChI is InChI=1S/C15H28N2O3/c1-14(2,3)13(19)16-9-5-6-12(18)17-10-7-15(4,20)8-11-17/h20H,5-11H2,1-4H3,(H,16,19). The Bertz CT molecular complexity index is 349. The molecule has 1 heterocycles. The first-order valence-corrected chi connectivity index (χ1v) is 7.40. The van der Waals surface area contributed by atoms with Gasteiger partial charge in [0.25, 0.3) is 0 Å². The zero-order chi connectivity index (χ0) is 15.4. The van der Waals surface area contributed by atoms with Crippen LogP contribution in [0, 0.1) is 5.41 Å². The predicted octanol–water partition coefficient (Wildman–Crippen LogP) is 1.30. The molecule has 2 amide bonds. The number of hydrogen-bond acceptors (Lipinski definition) is 3. The summed E-state index contributed by atoms with van der Waals surface area (Å²) in [5.41, 5.74) is -1.01. The van der Waals surface area contributed by atoms with E-state index in [9.17, 15) is 14.7 Å². The molecule has 1 fully saturated rings. The van der Waals surface area contributed by atoms with E-state index in [-0.39, 0.29) is 17.2 Å². The molecule has 0 aliphatic carbocycles. The second kappa shape index (κ2) is 6.57. The highest BCUT2D eigenvalue weighted by Gasteiger charge is 2.29. The second-order valence-electron chi connectivity index (χ2n) is 6.99. The fourth-order valence-corrected chi connectivity index (χ4v) is 2.10. The maximum Gasteiger partial charge on any atom is 0.225 e. The zero-order valence-electron chi connectivity index (χ0n) is 13.2. The molecule has 0 saturated carbocycles. The number of piperidine rings is 1. The molecule has 0 spiro atoms. The van der Waals surface area contributed by atoms with Crippen LogP contribution in [0.2, 0.25) is 0 Å². The number of aliphatic hydroxyl groups is 1. The lowest BCUT2D eigenvalue weighted by molar-refractivity contribution is -0.135. The molecule has 1 saturated heterocycles. The first kappa shape index (κ1) is 17.0. The highest BCUT2D eigenvalue weighted by Crippen LogP contribution is 2.21. The Morgan fingerprint density at radius 2 is 1.80 bits per heavy atom. The lowest BCUT2D eigenvalue weighted by atomic mass is 9.93. The number of amides is 2. The maximum absolute atomic E-state index is 12.0. The van der Waals surface area contributed by atoms with Crippen LogP contribution >= 0.6 is 0 Å². The average molecular weight is 284 g/mol. The zero-order valence-corrected chi connectivity index (χ0v) is 13.2. The summed E-state index contributed by atoms with van der Waals surface area (Å²) in [4.78, 5) is 25.4. The van der Waals surface area contributed by atoms with Crippen LogP contribution in [0.3, 0.4) is 0 Å². The van der Waals surface area contributed by atoms with Gasteiger partial charge in [0.1, 0.15) is 0 Å². The molecule has 2 N–H and O–H groups in total. The summed E-state index contributed by atoms with van der Waals surface area (Å²) < 4.78 is 0. The number of carbonyl (C=O) groups is 2. The summed E-state index contributed by atoms with van der Waals surface area (Å²) in [6, 6.07) is 0. The van der Waals surface area contributed by atoms with Crippen LogP contribution < -0.4 is 5.32 Å². The van der Waals surface area contributed by atoms with E-state index in [4.69, 9.17) is 0 Å². The van der Waals surface area contributed by atoms with Gasteiger partial charge in [-0.2, -0.15) is 0 Å². The fourth-order valence-electron chi connectivity index (χ4n) is 2.10. The highest BCUT2D eigenvalue weighted by molar-refractivity contribution is 5.81. The summed E-state index contributed by atoms with van der Waals surface area (Å²) in [6.45, 7) is 9.21. The molecule has 0 radical (unpaired) electrons. The quantitative estimate of drug-likeness (QED) is 0.765. The Kier molecular flexibility index (Phi) is 5.57. The van der Waals surface area contributed by atoms with E-state index in [1.807, 2.05) is 32.6 Å². The number of nitrogens with one attached hydrogen (secondary N) is 1. The molecule has 0 aromatic rings. The Hall–Kier alpha value is -1.10.